The second-order valence-corrected chi connectivity index (χ2v) is 7.32. The molecule has 1 N–H and O–H groups in total. The summed E-state index contributed by atoms with van der Waals surface area (Å²) in [7, 11) is 0. The third kappa shape index (κ3) is 4.67. The van der Waals surface area contributed by atoms with Crippen LogP contribution in [0.3, 0.4) is 0 Å². The monoisotopic (exact) mass is 396 g/mol. The van der Waals surface area contributed by atoms with Gasteiger partial charge in [-0.15, -0.1) is 0 Å². The second kappa shape index (κ2) is 8.26. The van der Waals surface area contributed by atoms with E-state index in [1.807, 2.05) is 42.5 Å². The number of allylic oxidation sites excluding steroid dienone is 2. The van der Waals surface area contributed by atoms with Crippen molar-refractivity contribution >= 4 is 28.1 Å². The molecule has 25 heavy (non-hydrogen) atoms. The van der Waals surface area contributed by atoms with Crippen LogP contribution in [0.25, 0.3) is 0 Å². The molecule has 3 rings (SSSR count). The molecule has 2 aromatic rings. The maximum Gasteiger partial charge on any atom is 0.244 e. The maximum absolute atomic E-state index is 12.7. The van der Waals surface area contributed by atoms with Crippen LogP contribution in [0.4, 0.5) is 0 Å². The fraction of sp³-hybridized carbons (Fsp3) is 0.238. The smallest absolute Gasteiger partial charge is 0.244 e. The van der Waals surface area contributed by atoms with Crippen molar-refractivity contribution in [3.8, 4) is 0 Å². The quantitative estimate of drug-likeness (QED) is 0.438. The Morgan fingerprint density at radius 3 is 2.60 bits per heavy atom. The number of amides is 1. The molecule has 2 unspecified atom stereocenters. The summed E-state index contributed by atoms with van der Waals surface area (Å²) in [6.45, 7) is 2.13. The van der Waals surface area contributed by atoms with Crippen LogP contribution in [0.15, 0.2) is 75.8 Å². The van der Waals surface area contributed by atoms with E-state index in [-0.39, 0.29) is 17.7 Å². The Hall–Kier alpha value is -2.20. The van der Waals surface area contributed by atoms with Gasteiger partial charge in [0, 0.05) is 4.47 Å². The van der Waals surface area contributed by atoms with Gasteiger partial charge in [0.1, 0.15) is 0 Å². The Bertz CT molecular complexity index is 781. The van der Waals surface area contributed by atoms with Gasteiger partial charge >= 0.3 is 0 Å². The van der Waals surface area contributed by atoms with Crippen molar-refractivity contribution in [2.75, 3.05) is 0 Å². The van der Waals surface area contributed by atoms with Gasteiger partial charge in [0.2, 0.25) is 5.91 Å². The summed E-state index contributed by atoms with van der Waals surface area (Å²) in [5, 5.41) is 4.13. The summed E-state index contributed by atoms with van der Waals surface area (Å²) >= 11 is 3.47. The van der Waals surface area contributed by atoms with Crippen LogP contribution in [-0.4, -0.2) is 12.1 Å². The summed E-state index contributed by atoms with van der Waals surface area (Å²) in [5.41, 5.74) is 6.22. The average Bonchev–Trinajstić information content (AvgIpc) is 2.63. The number of carbonyl (C=O) groups excluding carboxylic acids is 1. The number of hydrazone groups is 1. The summed E-state index contributed by atoms with van der Waals surface area (Å²) in [6.07, 6.45) is 5.50. The first kappa shape index (κ1) is 17.6. The van der Waals surface area contributed by atoms with Crippen LogP contribution >= 0.6 is 15.9 Å². The van der Waals surface area contributed by atoms with Crippen molar-refractivity contribution in [1.29, 1.82) is 0 Å². The van der Waals surface area contributed by atoms with Crippen LogP contribution in [0, 0.1) is 5.92 Å². The van der Waals surface area contributed by atoms with E-state index in [2.05, 4.69) is 51.6 Å². The van der Waals surface area contributed by atoms with Gasteiger partial charge < -0.3 is 0 Å². The highest BCUT2D eigenvalue weighted by Gasteiger charge is 2.31. The second-order valence-electron chi connectivity index (χ2n) is 6.40. The van der Waals surface area contributed by atoms with Crippen LogP contribution in [0.2, 0.25) is 0 Å². The lowest BCUT2D eigenvalue weighted by Crippen LogP contribution is -2.33. The van der Waals surface area contributed by atoms with E-state index in [0.29, 0.717) is 0 Å². The van der Waals surface area contributed by atoms with Gasteiger partial charge in [-0.25, -0.2) is 5.43 Å². The molecule has 0 fully saturated rings. The van der Waals surface area contributed by atoms with Gasteiger partial charge in [-0.3, -0.25) is 4.79 Å². The average molecular weight is 397 g/mol. The van der Waals surface area contributed by atoms with Crippen molar-refractivity contribution in [3.63, 3.8) is 0 Å². The van der Waals surface area contributed by atoms with E-state index in [1.54, 1.807) is 6.21 Å². The maximum atomic E-state index is 12.7. The number of nitrogens with zero attached hydrogens (tertiary/aromatic N) is 1. The van der Waals surface area contributed by atoms with Crippen LogP contribution in [-0.2, 0) is 4.79 Å². The number of hydrogen-bond donors (Lipinski definition) is 1. The van der Waals surface area contributed by atoms with Crippen LogP contribution in [0.1, 0.15) is 36.8 Å². The van der Waals surface area contributed by atoms with Gasteiger partial charge in [-0.05, 0) is 48.9 Å². The van der Waals surface area contributed by atoms with Crippen LogP contribution < -0.4 is 5.43 Å². The predicted octanol–water partition coefficient (Wildman–Crippen LogP) is 5.04. The summed E-state index contributed by atoms with van der Waals surface area (Å²) in [4.78, 5) is 12.7. The molecule has 4 heteroatoms. The molecule has 1 aliphatic rings. The summed E-state index contributed by atoms with van der Waals surface area (Å²) in [5.74, 6) is 0.0617. The first-order valence-electron chi connectivity index (χ1n) is 8.42. The highest BCUT2D eigenvalue weighted by Crippen LogP contribution is 2.38. The number of nitrogens with one attached hydrogen (secondary N) is 1. The molecular weight excluding hydrogens is 376 g/mol. The highest BCUT2D eigenvalue weighted by molar-refractivity contribution is 9.10. The lowest BCUT2D eigenvalue weighted by Gasteiger charge is -2.29. The van der Waals surface area contributed by atoms with Crippen molar-refractivity contribution in [3.05, 3.63) is 81.8 Å². The number of halogens is 1. The van der Waals surface area contributed by atoms with Gasteiger partial charge in [-0.2, -0.15) is 5.10 Å². The fourth-order valence-corrected chi connectivity index (χ4v) is 3.47. The molecule has 3 nitrogen and oxygen atoms in total. The van der Waals surface area contributed by atoms with E-state index < -0.39 is 0 Å². The standard InChI is InChI=1S/C21H21BrN2O/c1-15-7-12-19(20(13-15)17-8-10-18(22)11-9-17)21(25)24-23-14-16-5-3-2-4-6-16/h2-11,14,19-20H,12-13H2,1H3,(H,24,25). The number of carbonyl (C=O) groups is 1. The number of benzene rings is 2. The van der Waals surface area contributed by atoms with E-state index in [1.165, 1.54) is 11.1 Å². The summed E-state index contributed by atoms with van der Waals surface area (Å²) in [6, 6.07) is 18.0. The molecule has 0 bridgehead atoms. The topological polar surface area (TPSA) is 41.5 Å². The molecule has 1 amide bonds. The Morgan fingerprint density at radius 1 is 1.16 bits per heavy atom. The van der Waals surface area contributed by atoms with E-state index in [4.69, 9.17) is 0 Å². The first-order chi connectivity index (χ1) is 12.1. The van der Waals surface area contributed by atoms with Crippen LogP contribution in [0.5, 0.6) is 0 Å². The molecule has 2 atom stereocenters. The molecule has 0 aliphatic heterocycles. The Morgan fingerprint density at radius 2 is 1.88 bits per heavy atom. The van der Waals surface area contributed by atoms with Crippen molar-refractivity contribution < 1.29 is 4.79 Å². The Kier molecular flexibility index (Phi) is 5.82. The van der Waals surface area contributed by atoms with Gasteiger partial charge in [-0.1, -0.05) is 70.0 Å². The van der Waals surface area contributed by atoms with E-state index in [0.717, 1.165) is 22.9 Å². The number of rotatable bonds is 4. The largest absolute Gasteiger partial charge is 0.273 e. The Labute approximate surface area is 157 Å². The zero-order valence-corrected chi connectivity index (χ0v) is 15.7. The van der Waals surface area contributed by atoms with E-state index >= 15 is 0 Å². The first-order valence-corrected chi connectivity index (χ1v) is 9.22. The SMILES string of the molecule is CC1=CCC(C(=O)NN=Cc2ccccc2)C(c2ccc(Br)cc2)C1. The third-order valence-electron chi connectivity index (χ3n) is 4.57. The molecular formula is C21H21BrN2O. The zero-order chi connectivity index (χ0) is 17.6. The van der Waals surface area contributed by atoms with Gasteiger partial charge in [0.25, 0.3) is 0 Å². The van der Waals surface area contributed by atoms with Crippen molar-refractivity contribution in [1.82, 2.24) is 5.43 Å². The van der Waals surface area contributed by atoms with Crippen molar-refractivity contribution in [2.24, 2.45) is 11.0 Å². The zero-order valence-electron chi connectivity index (χ0n) is 14.2. The molecule has 0 radical (unpaired) electrons. The molecule has 0 aromatic heterocycles. The predicted molar refractivity (Wildman–Crippen MR) is 106 cm³/mol. The molecule has 2 aromatic carbocycles. The minimum atomic E-state index is -0.0993. The molecule has 0 spiro atoms. The summed E-state index contributed by atoms with van der Waals surface area (Å²) < 4.78 is 1.05. The minimum Gasteiger partial charge on any atom is -0.273 e. The van der Waals surface area contributed by atoms with Gasteiger partial charge in [0.15, 0.2) is 0 Å². The fourth-order valence-electron chi connectivity index (χ4n) is 3.21. The molecule has 0 heterocycles. The lowest BCUT2D eigenvalue weighted by atomic mass is 9.75. The minimum absolute atomic E-state index is 0.0242. The Balaban J connectivity index is 1.72. The lowest BCUT2D eigenvalue weighted by molar-refractivity contribution is -0.125. The molecule has 0 saturated heterocycles. The van der Waals surface area contributed by atoms with Crippen molar-refractivity contribution in [2.45, 2.75) is 25.7 Å². The normalized spacial score (nSPS) is 20.3. The highest BCUT2D eigenvalue weighted by atomic mass is 79.9. The molecule has 0 saturated carbocycles. The van der Waals surface area contributed by atoms with E-state index in [9.17, 15) is 4.79 Å². The molecule has 128 valence electrons. The third-order valence-corrected chi connectivity index (χ3v) is 5.10. The molecule has 1 aliphatic carbocycles. The number of hydrogen-bond acceptors (Lipinski definition) is 2. The van der Waals surface area contributed by atoms with Gasteiger partial charge in [0.05, 0.1) is 12.1 Å².